The zero-order valence-corrected chi connectivity index (χ0v) is 15.5. The van der Waals surface area contributed by atoms with Gasteiger partial charge in [-0.15, -0.1) is 0 Å². The summed E-state index contributed by atoms with van der Waals surface area (Å²) in [5.74, 6) is 1.92. The van der Waals surface area contributed by atoms with E-state index in [4.69, 9.17) is 0 Å². The quantitative estimate of drug-likeness (QED) is 0.805. The van der Waals surface area contributed by atoms with Gasteiger partial charge in [-0.25, -0.2) is 0 Å². The van der Waals surface area contributed by atoms with Gasteiger partial charge in [0.1, 0.15) is 12.4 Å². The predicted octanol–water partition coefficient (Wildman–Crippen LogP) is 2.75. The third kappa shape index (κ3) is 2.39. The Morgan fingerprint density at radius 1 is 1.08 bits per heavy atom. The molecule has 4 rings (SSSR count). The fourth-order valence-corrected chi connectivity index (χ4v) is 7.73. The predicted molar refractivity (Wildman–Crippen MR) is 93.7 cm³/mol. The molecule has 140 valence electrons. The van der Waals surface area contributed by atoms with Gasteiger partial charge in [-0.1, -0.05) is 13.8 Å². The van der Waals surface area contributed by atoms with Crippen LogP contribution < -0.4 is 0 Å². The summed E-state index contributed by atoms with van der Waals surface area (Å²) < 4.78 is 0. The molecule has 4 aliphatic rings. The molecule has 4 nitrogen and oxygen atoms in total. The van der Waals surface area contributed by atoms with Gasteiger partial charge in [-0.3, -0.25) is 9.59 Å². The van der Waals surface area contributed by atoms with Crippen LogP contribution in [0.3, 0.4) is 0 Å². The van der Waals surface area contributed by atoms with Gasteiger partial charge in [-0.2, -0.15) is 0 Å². The van der Waals surface area contributed by atoms with Crippen molar-refractivity contribution in [1.82, 2.24) is 0 Å². The normalized spacial score (nSPS) is 52.2. The molecule has 4 heteroatoms. The monoisotopic (exact) mass is 348 g/mol. The molecule has 8 atom stereocenters. The highest BCUT2D eigenvalue weighted by Crippen LogP contribution is 2.67. The minimum atomic E-state index is -0.384. The minimum absolute atomic E-state index is 0.00663. The van der Waals surface area contributed by atoms with E-state index in [1.54, 1.807) is 0 Å². The standard InChI is InChI=1S/C21H32O4/c1-20-8-6-15-13(14(20)3-4-16(20)19(25)11-22)10-18(24)17-9-12(23)5-7-21(15,17)2/h13-18,22,24H,3-11H2,1-2H3/t13-,14-,15-,16+,17?,18?,20-,21+/m0/s1. The van der Waals surface area contributed by atoms with E-state index < -0.39 is 0 Å². The van der Waals surface area contributed by atoms with E-state index in [1.807, 2.05) is 0 Å². The van der Waals surface area contributed by atoms with E-state index in [0.29, 0.717) is 36.4 Å². The van der Waals surface area contributed by atoms with Crippen molar-refractivity contribution in [3.8, 4) is 0 Å². The molecule has 0 saturated heterocycles. The van der Waals surface area contributed by atoms with Crippen molar-refractivity contribution in [3.05, 3.63) is 0 Å². The van der Waals surface area contributed by atoms with Crippen molar-refractivity contribution < 1.29 is 19.8 Å². The summed E-state index contributed by atoms with van der Waals surface area (Å²) in [4.78, 5) is 24.3. The molecule has 4 aliphatic carbocycles. The van der Waals surface area contributed by atoms with E-state index in [9.17, 15) is 19.8 Å². The lowest BCUT2D eigenvalue weighted by atomic mass is 9.44. The molecule has 4 fully saturated rings. The number of Topliss-reactive ketones (excluding diaryl/α,β-unsaturated/α-hetero) is 2. The second-order valence-corrected chi connectivity index (χ2v) is 9.83. The smallest absolute Gasteiger partial charge is 0.161 e. The number of hydrogen-bond acceptors (Lipinski definition) is 4. The highest BCUT2D eigenvalue weighted by atomic mass is 16.3. The molecule has 0 heterocycles. The van der Waals surface area contributed by atoms with Gasteiger partial charge in [0.25, 0.3) is 0 Å². The molecule has 0 spiro atoms. The van der Waals surface area contributed by atoms with Crippen molar-refractivity contribution in [3.63, 3.8) is 0 Å². The zero-order chi connectivity index (χ0) is 18.0. The maximum absolute atomic E-state index is 12.3. The lowest BCUT2D eigenvalue weighted by Gasteiger charge is -2.61. The Morgan fingerprint density at radius 3 is 2.52 bits per heavy atom. The number of aliphatic hydroxyl groups excluding tert-OH is 2. The molecule has 0 radical (unpaired) electrons. The molecular formula is C21H32O4. The van der Waals surface area contributed by atoms with E-state index in [1.165, 1.54) is 0 Å². The Bertz CT molecular complexity index is 586. The van der Waals surface area contributed by atoms with Crippen LogP contribution >= 0.6 is 0 Å². The van der Waals surface area contributed by atoms with Crippen LogP contribution in [0.15, 0.2) is 0 Å². The lowest BCUT2D eigenvalue weighted by Crippen LogP contribution is -2.58. The molecule has 25 heavy (non-hydrogen) atoms. The summed E-state index contributed by atoms with van der Waals surface area (Å²) >= 11 is 0. The molecule has 2 unspecified atom stereocenters. The van der Waals surface area contributed by atoms with Crippen LogP contribution in [-0.2, 0) is 9.59 Å². The fraction of sp³-hybridized carbons (Fsp3) is 0.905. The van der Waals surface area contributed by atoms with Gasteiger partial charge in [0, 0.05) is 18.8 Å². The molecule has 4 saturated carbocycles. The average molecular weight is 348 g/mol. The van der Waals surface area contributed by atoms with Crippen molar-refractivity contribution in [2.24, 2.45) is 40.4 Å². The molecule has 0 aromatic rings. The van der Waals surface area contributed by atoms with Gasteiger partial charge in [-0.05, 0) is 73.0 Å². The van der Waals surface area contributed by atoms with Gasteiger partial charge in [0.05, 0.1) is 6.10 Å². The van der Waals surface area contributed by atoms with Crippen molar-refractivity contribution in [2.75, 3.05) is 6.61 Å². The Morgan fingerprint density at radius 2 is 1.80 bits per heavy atom. The summed E-state index contributed by atoms with van der Waals surface area (Å²) in [5, 5.41) is 20.3. The van der Waals surface area contributed by atoms with Crippen LogP contribution in [0, 0.1) is 40.4 Å². The third-order valence-electron chi connectivity index (χ3n) is 9.04. The van der Waals surface area contributed by atoms with Gasteiger partial charge < -0.3 is 10.2 Å². The maximum Gasteiger partial charge on any atom is 0.161 e. The van der Waals surface area contributed by atoms with Crippen LogP contribution in [0.2, 0.25) is 0 Å². The maximum atomic E-state index is 12.3. The third-order valence-corrected chi connectivity index (χ3v) is 9.04. The lowest BCUT2D eigenvalue weighted by molar-refractivity contribution is -0.166. The van der Waals surface area contributed by atoms with Gasteiger partial charge in [0.2, 0.25) is 0 Å². The van der Waals surface area contributed by atoms with E-state index in [-0.39, 0.29) is 41.2 Å². The number of carbonyl (C=O) groups is 2. The first-order valence-corrected chi connectivity index (χ1v) is 10.1. The van der Waals surface area contributed by atoms with Crippen LogP contribution in [0.5, 0.6) is 0 Å². The second kappa shape index (κ2) is 5.88. The van der Waals surface area contributed by atoms with Gasteiger partial charge >= 0.3 is 0 Å². The molecule has 2 N–H and O–H groups in total. The van der Waals surface area contributed by atoms with Gasteiger partial charge in [0.15, 0.2) is 5.78 Å². The summed E-state index contributed by atoms with van der Waals surface area (Å²) in [5.41, 5.74) is 0.0467. The van der Waals surface area contributed by atoms with Crippen molar-refractivity contribution in [2.45, 2.75) is 71.3 Å². The number of fused-ring (bicyclic) bond motifs is 5. The summed E-state index contributed by atoms with van der Waals surface area (Å²) in [6.45, 7) is 4.23. The van der Waals surface area contributed by atoms with Crippen LogP contribution in [0.1, 0.15) is 65.2 Å². The van der Waals surface area contributed by atoms with Crippen LogP contribution in [-0.4, -0.2) is 34.5 Å². The SMILES string of the molecule is C[C@]12CC[C@H]3[C@@H](CC(O)C4CC(=O)CC[C@@]43C)[C@@H]1CC[C@@H]2C(=O)CO. The minimum Gasteiger partial charge on any atom is -0.393 e. The number of ketones is 2. The topological polar surface area (TPSA) is 74.6 Å². The summed E-state index contributed by atoms with van der Waals surface area (Å²) in [6, 6.07) is 0. The molecular weight excluding hydrogens is 316 g/mol. The number of carbonyl (C=O) groups excluding carboxylic acids is 2. The Labute approximate surface area is 150 Å². The van der Waals surface area contributed by atoms with E-state index in [2.05, 4.69) is 13.8 Å². The van der Waals surface area contributed by atoms with E-state index >= 15 is 0 Å². The molecule has 0 bridgehead atoms. The second-order valence-electron chi connectivity index (χ2n) is 9.83. The molecule has 0 aromatic carbocycles. The molecule has 0 aliphatic heterocycles. The number of hydrogen-bond donors (Lipinski definition) is 2. The molecule has 0 aromatic heterocycles. The van der Waals surface area contributed by atoms with Crippen molar-refractivity contribution in [1.29, 1.82) is 0 Å². The number of aliphatic hydroxyl groups is 2. The molecule has 0 amide bonds. The Balaban J connectivity index is 1.64. The first kappa shape index (κ1) is 17.7. The summed E-state index contributed by atoms with van der Waals surface area (Å²) in [7, 11) is 0. The van der Waals surface area contributed by atoms with Crippen LogP contribution in [0.25, 0.3) is 0 Å². The highest BCUT2D eigenvalue weighted by molar-refractivity contribution is 5.83. The van der Waals surface area contributed by atoms with E-state index in [0.717, 1.165) is 38.5 Å². The van der Waals surface area contributed by atoms with Crippen molar-refractivity contribution >= 4 is 11.6 Å². The Kier molecular flexibility index (Phi) is 4.16. The highest BCUT2D eigenvalue weighted by Gasteiger charge is 2.62. The fourth-order valence-electron chi connectivity index (χ4n) is 7.73. The summed E-state index contributed by atoms with van der Waals surface area (Å²) in [6.07, 6.45) is 6.60. The number of rotatable bonds is 2. The Hall–Kier alpha value is -0.740. The first-order chi connectivity index (χ1) is 11.8. The van der Waals surface area contributed by atoms with Crippen LogP contribution in [0.4, 0.5) is 0 Å². The zero-order valence-electron chi connectivity index (χ0n) is 15.5. The average Bonchev–Trinajstić information content (AvgIpc) is 2.93. The first-order valence-electron chi connectivity index (χ1n) is 10.1. The largest absolute Gasteiger partial charge is 0.393 e.